The number of aryl methyl sites for hydroxylation is 1. The molecule has 0 saturated carbocycles. The van der Waals surface area contributed by atoms with Crippen LogP contribution in [0.15, 0.2) is 12.1 Å². The van der Waals surface area contributed by atoms with Crippen molar-refractivity contribution in [2.24, 2.45) is 5.73 Å². The van der Waals surface area contributed by atoms with E-state index in [0.29, 0.717) is 18.6 Å². The minimum Gasteiger partial charge on any atom is -0.417 e. The predicted octanol–water partition coefficient (Wildman–Crippen LogP) is 4.69. The Kier molecular flexibility index (Phi) is 7.16. The first-order valence-electron chi connectivity index (χ1n) is 8.27. The van der Waals surface area contributed by atoms with Gasteiger partial charge in [-0.1, -0.05) is 32.4 Å². The summed E-state index contributed by atoms with van der Waals surface area (Å²) in [5.74, 6) is -0.706. The summed E-state index contributed by atoms with van der Waals surface area (Å²) in [6.45, 7) is 11.6. The number of unbranched alkanes of at least 4 members (excludes halogenated alkanes) is 1. The molecule has 0 heterocycles. The molecule has 0 fully saturated rings. The molecule has 0 bridgehead atoms. The molecule has 1 rings (SSSR count). The first kappa shape index (κ1) is 21.6. The highest BCUT2D eigenvalue weighted by molar-refractivity contribution is 6.74. The summed E-state index contributed by atoms with van der Waals surface area (Å²) < 4.78 is 6.11. The molecule has 8 heteroatoms. The molecule has 1 amide bonds. The lowest BCUT2D eigenvalue weighted by atomic mass is 10.0. The molecule has 0 unspecified atom stereocenters. The van der Waals surface area contributed by atoms with Crippen molar-refractivity contribution in [1.82, 2.24) is 0 Å². The van der Waals surface area contributed by atoms with Crippen LogP contribution in [0.1, 0.15) is 49.5 Å². The van der Waals surface area contributed by atoms with Crippen LogP contribution in [-0.2, 0) is 10.8 Å². The van der Waals surface area contributed by atoms with Crippen LogP contribution in [-0.4, -0.2) is 25.8 Å². The quantitative estimate of drug-likeness (QED) is 0.303. The van der Waals surface area contributed by atoms with Gasteiger partial charge in [-0.05, 0) is 49.0 Å². The van der Waals surface area contributed by atoms with Crippen molar-refractivity contribution in [3.8, 4) is 0 Å². The minimum atomic E-state index is -1.77. The summed E-state index contributed by atoms with van der Waals surface area (Å²) in [5.41, 5.74) is 5.63. The highest BCUT2D eigenvalue weighted by Crippen LogP contribution is 2.36. The molecule has 0 aromatic heterocycles. The summed E-state index contributed by atoms with van der Waals surface area (Å²) >= 11 is 6.11. The Labute approximate surface area is 155 Å². The third kappa shape index (κ3) is 5.80. The van der Waals surface area contributed by atoms with Gasteiger partial charge in [0.25, 0.3) is 5.69 Å². The van der Waals surface area contributed by atoms with Gasteiger partial charge in [0.05, 0.1) is 4.92 Å². The number of rotatable bonds is 8. The second-order valence-electron chi connectivity index (χ2n) is 7.66. The SMILES string of the molecule is CC(C)(C)[Si](C)(C)OCCCCc1cc(C(N)=O)cc([N+](=O)[O-])c1Cl. The van der Waals surface area contributed by atoms with E-state index < -0.39 is 19.1 Å². The number of nitrogens with zero attached hydrogens (tertiary/aromatic N) is 1. The van der Waals surface area contributed by atoms with E-state index in [0.717, 1.165) is 18.9 Å². The van der Waals surface area contributed by atoms with Gasteiger partial charge in [-0.2, -0.15) is 0 Å². The van der Waals surface area contributed by atoms with Gasteiger partial charge in [-0.3, -0.25) is 14.9 Å². The number of carbonyl (C=O) groups excluding carboxylic acids is 1. The molecule has 1 aromatic carbocycles. The van der Waals surface area contributed by atoms with Crippen LogP contribution in [0.25, 0.3) is 0 Å². The molecule has 1 aromatic rings. The lowest BCUT2D eigenvalue weighted by Crippen LogP contribution is -2.40. The number of nitro benzene ring substituents is 1. The average Bonchev–Trinajstić information content (AvgIpc) is 2.46. The van der Waals surface area contributed by atoms with E-state index in [1.165, 1.54) is 6.07 Å². The number of hydrogen-bond acceptors (Lipinski definition) is 4. The number of primary amides is 1. The Bertz CT molecular complexity index is 657. The average molecular weight is 387 g/mol. The summed E-state index contributed by atoms with van der Waals surface area (Å²) in [7, 11) is -1.77. The first-order chi connectivity index (χ1) is 11.4. The first-order valence-corrected chi connectivity index (χ1v) is 11.6. The van der Waals surface area contributed by atoms with Crippen molar-refractivity contribution in [3.05, 3.63) is 38.4 Å². The van der Waals surface area contributed by atoms with E-state index >= 15 is 0 Å². The zero-order valence-electron chi connectivity index (χ0n) is 15.5. The summed E-state index contributed by atoms with van der Waals surface area (Å²) in [6, 6.07) is 2.65. The van der Waals surface area contributed by atoms with E-state index in [-0.39, 0.29) is 21.3 Å². The van der Waals surface area contributed by atoms with Crippen molar-refractivity contribution < 1.29 is 14.1 Å². The van der Waals surface area contributed by atoms with Crippen LogP contribution in [0, 0.1) is 10.1 Å². The van der Waals surface area contributed by atoms with Crippen LogP contribution in [0.2, 0.25) is 23.2 Å². The van der Waals surface area contributed by atoms with Crippen molar-refractivity contribution >= 4 is 31.5 Å². The lowest BCUT2D eigenvalue weighted by molar-refractivity contribution is -0.384. The molecule has 0 aliphatic rings. The Hall–Kier alpha value is -1.44. The zero-order chi connectivity index (χ0) is 19.4. The summed E-state index contributed by atoms with van der Waals surface area (Å²) in [4.78, 5) is 21.8. The van der Waals surface area contributed by atoms with Crippen LogP contribution in [0.5, 0.6) is 0 Å². The molecule has 25 heavy (non-hydrogen) atoms. The second kappa shape index (κ2) is 8.29. The van der Waals surface area contributed by atoms with Gasteiger partial charge in [0, 0.05) is 18.2 Å². The van der Waals surface area contributed by atoms with E-state index in [1.807, 2.05) is 0 Å². The number of hydrogen-bond donors (Lipinski definition) is 1. The molecule has 0 spiro atoms. The third-order valence-electron chi connectivity index (χ3n) is 4.72. The maximum Gasteiger partial charge on any atom is 0.288 e. The molecule has 0 radical (unpaired) electrons. The molecule has 140 valence electrons. The Morgan fingerprint density at radius 2 is 1.92 bits per heavy atom. The monoisotopic (exact) mass is 386 g/mol. The molecule has 0 aliphatic heterocycles. The Morgan fingerprint density at radius 3 is 2.40 bits per heavy atom. The fourth-order valence-electron chi connectivity index (χ4n) is 2.09. The molecule has 6 nitrogen and oxygen atoms in total. The number of nitro groups is 1. The Morgan fingerprint density at radius 1 is 1.32 bits per heavy atom. The largest absolute Gasteiger partial charge is 0.417 e. The van der Waals surface area contributed by atoms with Crippen molar-refractivity contribution in [1.29, 1.82) is 0 Å². The van der Waals surface area contributed by atoms with Gasteiger partial charge >= 0.3 is 0 Å². The lowest BCUT2D eigenvalue weighted by Gasteiger charge is -2.36. The molecule has 2 N–H and O–H groups in total. The molecular formula is C17H27ClN2O4Si. The van der Waals surface area contributed by atoms with E-state index in [4.69, 9.17) is 21.8 Å². The topological polar surface area (TPSA) is 95.5 Å². The van der Waals surface area contributed by atoms with Crippen molar-refractivity contribution in [3.63, 3.8) is 0 Å². The van der Waals surface area contributed by atoms with E-state index in [1.54, 1.807) is 0 Å². The fourth-order valence-corrected chi connectivity index (χ4v) is 3.45. The van der Waals surface area contributed by atoms with Gasteiger partial charge in [0.15, 0.2) is 8.32 Å². The minimum absolute atomic E-state index is 0.0697. The Balaban J connectivity index is 2.72. The standard InChI is InChI=1S/C17H27ClN2O4Si/c1-17(2,3)25(4,5)24-9-7-6-8-12-10-13(16(19)21)11-14(15(12)18)20(22)23/h10-11H,6-9H2,1-5H3,(H2,19,21). The number of carbonyl (C=O) groups is 1. The molecule has 0 saturated heterocycles. The maximum absolute atomic E-state index is 11.4. The fraction of sp³-hybridized carbons (Fsp3) is 0.588. The zero-order valence-corrected chi connectivity index (χ0v) is 17.3. The predicted molar refractivity (Wildman–Crippen MR) is 103 cm³/mol. The number of nitrogens with two attached hydrogens (primary N) is 1. The van der Waals surface area contributed by atoms with Gasteiger partial charge < -0.3 is 10.2 Å². The summed E-state index contributed by atoms with van der Waals surface area (Å²) in [5, 5.41) is 11.3. The second-order valence-corrected chi connectivity index (χ2v) is 12.8. The third-order valence-corrected chi connectivity index (χ3v) is 9.69. The van der Waals surface area contributed by atoms with Crippen molar-refractivity contribution in [2.75, 3.05) is 6.61 Å². The molecular weight excluding hydrogens is 360 g/mol. The van der Waals surface area contributed by atoms with E-state index in [9.17, 15) is 14.9 Å². The number of benzene rings is 1. The van der Waals surface area contributed by atoms with Gasteiger partial charge in [0.1, 0.15) is 5.02 Å². The van der Waals surface area contributed by atoms with Crippen LogP contribution in [0.4, 0.5) is 5.69 Å². The number of amides is 1. The smallest absolute Gasteiger partial charge is 0.288 e. The number of halogens is 1. The highest BCUT2D eigenvalue weighted by Gasteiger charge is 2.36. The van der Waals surface area contributed by atoms with Gasteiger partial charge in [-0.25, -0.2) is 0 Å². The molecule has 0 aliphatic carbocycles. The van der Waals surface area contributed by atoms with Crippen molar-refractivity contribution in [2.45, 2.75) is 58.2 Å². The van der Waals surface area contributed by atoms with E-state index in [2.05, 4.69) is 33.9 Å². The van der Waals surface area contributed by atoms with Gasteiger partial charge in [0.2, 0.25) is 5.91 Å². The molecule has 0 atom stereocenters. The maximum atomic E-state index is 11.4. The van der Waals surface area contributed by atoms with Crippen LogP contribution < -0.4 is 5.73 Å². The highest BCUT2D eigenvalue weighted by atomic mass is 35.5. The normalized spacial score (nSPS) is 12.2. The summed E-state index contributed by atoms with van der Waals surface area (Å²) in [6.07, 6.45) is 2.10. The van der Waals surface area contributed by atoms with Gasteiger partial charge in [-0.15, -0.1) is 0 Å². The van der Waals surface area contributed by atoms with Crippen LogP contribution >= 0.6 is 11.6 Å². The van der Waals surface area contributed by atoms with Crippen LogP contribution in [0.3, 0.4) is 0 Å².